The zero-order valence-corrected chi connectivity index (χ0v) is 13.8. The van der Waals surface area contributed by atoms with Gasteiger partial charge in [-0.1, -0.05) is 18.2 Å². The highest BCUT2D eigenvalue weighted by molar-refractivity contribution is 5.97. The number of aliphatic imine (C=N–C) groups is 1. The first-order chi connectivity index (χ1) is 11.9. The molecule has 9 heteroatoms. The maximum absolute atomic E-state index is 12.2. The lowest BCUT2D eigenvalue weighted by Gasteiger charge is -2.18. The molecular weight excluding hydrogens is 326 g/mol. The third kappa shape index (κ3) is 8.35. The molecule has 0 bridgehead atoms. The van der Waals surface area contributed by atoms with Crippen LogP contribution < -0.4 is 22.1 Å². The van der Waals surface area contributed by atoms with Gasteiger partial charge in [0.2, 0.25) is 5.91 Å². The molecule has 9 nitrogen and oxygen atoms in total. The smallest absolute Gasteiger partial charge is 0.305 e. The van der Waals surface area contributed by atoms with E-state index in [-0.39, 0.29) is 24.8 Å². The summed E-state index contributed by atoms with van der Waals surface area (Å²) in [6.07, 6.45) is 0.595. The van der Waals surface area contributed by atoms with Crippen LogP contribution in [0.15, 0.2) is 35.3 Å². The van der Waals surface area contributed by atoms with Crippen LogP contribution in [0.2, 0.25) is 0 Å². The second kappa shape index (κ2) is 10.6. The fraction of sp³-hybridized carbons (Fsp3) is 0.375. The van der Waals surface area contributed by atoms with Gasteiger partial charge in [-0.25, -0.2) is 0 Å². The highest BCUT2D eigenvalue weighted by Gasteiger charge is 2.21. The molecule has 1 rings (SSSR count). The molecule has 0 spiro atoms. The average Bonchev–Trinajstić information content (AvgIpc) is 2.57. The van der Waals surface area contributed by atoms with E-state index in [0.717, 1.165) is 0 Å². The summed E-state index contributed by atoms with van der Waals surface area (Å²) in [5, 5.41) is 13.8. The maximum Gasteiger partial charge on any atom is 0.305 e. The van der Waals surface area contributed by atoms with Gasteiger partial charge in [0.25, 0.3) is 5.91 Å². The second-order valence-corrected chi connectivity index (χ2v) is 5.28. The van der Waals surface area contributed by atoms with Crippen LogP contribution in [0.3, 0.4) is 0 Å². The Morgan fingerprint density at radius 2 is 1.84 bits per heavy atom. The quantitative estimate of drug-likeness (QED) is 0.216. The van der Waals surface area contributed by atoms with Crippen molar-refractivity contribution in [2.24, 2.45) is 16.5 Å². The SMILES string of the molecule is NC(N)=NCCC[C@H](NC(=O)c1ccccc1)C(=O)NCCC(=O)O. The molecule has 0 aliphatic rings. The molecule has 0 radical (unpaired) electrons. The molecule has 1 aromatic rings. The van der Waals surface area contributed by atoms with Crippen molar-refractivity contribution >= 4 is 23.7 Å². The number of carboxylic acids is 1. The van der Waals surface area contributed by atoms with E-state index in [1.807, 2.05) is 0 Å². The molecule has 0 aromatic heterocycles. The van der Waals surface area contributed by atoms with Crippen molar-refractivity contribution in [3.8, 4) is 0 Å². The molecule has 7 N–H and O–H groups in total. The van der Waals surface area contributed by atoms with Crippen LogP contribution >= 0.6 is 0 Å². The number of carbonyl (C=O) groups excluding carboxylic acids is 2. The molecule has 0 saturated heterocycles. The fourth-order valence-electron chi connectivity index (χ4n) is 2.02. The van der Waals surface area contributed by atoms with Gasteiger partial charge in [-0.3, -0.25) is 19.4 Å². The minimum absolute atomic E-state index is 0.0141. The number of nitrogens with two attached hydrogens (primary N) is 2. The Hall–Kier alpha value is -3.10. The van der Waals surface area contributed by atoms with Crippen molar-refractivity contribution < 1.29 is 19.5 Å². The molecule has 0 aliphatic heterocycles. The number of carboxylic acid groups (broad SMARTS) is 1. The molecule has 136 valence electrons. The highest BCUT2D eigenvalue weighted by Crippen LogP contribution is 2.03. The molecule has 0 aliphatic carbocycles. The summed E-state index contributed by atoms with van der Waals surface area (Å²) >= 11 is 0. The van der Waals surface area contributed by atoms with Gasteiger partial charge in [0.1, 0.15) is 6.04 Å². The summed E-state index contributed by atoms with van der Waals surface area (Å²) in [5.74, 6) is -1.90. The van der Waals surface area contributed by atoms with E-state index in [1.54, 1.807) is 30.3 Å². The van der Waals surface area contributed by atoms with E-state index in [4.69, 9.17) is 16.6 Å². The standard InChI is InChI=1S/C16H23N5O4/c17-16(18)20-9-4-7-12(15(25)19-10-8-13(22)23)21-14(24)11-5-2-1-3-6-11/h1-3,5-6,12H,4,7-10H2,(H,19,25)(H,21,24)(H,22,23)(H4,17,18,20)/t12-/m0/s1. The van der Waals surface area contributed by atoms with E-state index < -0.39 is 17.9 Å². The number of nitrogens with zero attached hydrogens (tertiary/aromatic N) is 1. The number of rotatable bonds is 10. The minimum Gasteiger partial charge on any atom is -0.481 e. The zero-order chi connectivity index (χ0) is 18.7. The van der Waals surface area contributed by atoms with E-state index in [0.29, 0.717) is 24.9 Å². The Labute approximate surface area is 145 Å². The maximum atomic E-state index is 12.2. The summed E-state index contributed by atoms with van der Waals surface area (Å²) in [7, 11) is 0. The number of hydrogen-bond donors (Lipinski definition) is 5. The van der Waals surface area contributed by atoms with Gasteiger partial charge in [-0.15, -0.1) is 0 Å². The highest BCUT2D eigenvalue weighted by atomic mass is 16.4. The van der Waals surface area contributed by atoms with Crippen LogP contribution in [0.4, 0.5) is 0 Å². The summed E-state index contributed by atoms with van der Waals surface area (Å²) in [5.41, 5.74) is 10.9. The van der Waals surface area contributed by atoms with Gasteiger partial charge in [0, 0.05) is 18.7 Å². The van der Waals surface area contributed by atoms with Crippen LogP contribution in [0.5, 0.6) is 0 Å². The van der Waals surface area contributed by atoms with Gasteiger partial charge in [-0.2, -0.15) is 0 Å². The van der Waals surface area contributed by atoms with Gasteiger partial charge in [0.05, 0.1) is 6.42 Å². The van der Waals surface area contributed by atoms with Crippen LogP contribution in [-0.2, 0) is 9.59 Å². The molecule has 2 amide bonds. The van der Waals surface area contributed by atoms with Gasteiger partial charge < -0.3 is 27.2 Å². The number of amides is 2. The largest absolute Gasteiger partial charge is 0.481 e. The van der Waals surface area contributed by atoms with E-state index in [2.05, 4.69) is 15.6 Å². The van der Waals surface area contributed by atoms with Crippen LogP contribution in [0.1, 0.15) is 29.6 Å². The Kier molecular flexibility index (Phi) is 8.48. The van der Waals surface area contributed by atoms with Crippen molar-refractivity contribution in [1.82, 2.24) is 10.6 Å². The predicted octanol–water partition coefficient (Wildman–Crippen LogP) is -0.570. The first-order valence-corrected chi connectivity index (χ1v) is 7.81. The second-order valence-electron chi connectivity index (χ2n) is 5.28. The third-order valence-electron chi connectivity index (χ3n) is 3.24. The number of guanidine groups is 1. The van der Waals surface area contributed by atoms with Gasteiger partial charge in [-0.05, 0) is 25.0 Å². The van der Waals surface area contributed by atoms with Crippen molar-refractivity contribution in [2.75, 3.05) is 13.1 Å². The molecule has 0 heterocycles. The number of hydrogen-bond acceptors (Lipinski definition) is 4. The monoisotopic (exact) mass is 349 g/mol. The topological polar surface area (TPSA) is 160 Å². The first kappa shape index (κ1) is 19.9. The number of carbonyl (C=O) groups is 3. The molecule has 1 aromatic carbocycles. The van der Waals surface area contributed by atoms with Crippen molar-refractivity contribution in [2.45, 2.75) is 25.3 Å². The Morgan fingerprint density at radius 3 is 2.44 bits per heavy atom. The third-order valence-corrected chi connectivity index (χ3v) is 3.24. The van der Waals surface area contributed by atoms with Crippen LogP contribution in [-0.4, -0.2) is 48.0 Å². The average molecular weight is 349 g/mol. The fourth-order valence-corrected chi connectivity index (χ4v) is 2.02. The summed E-state index contributed by atoms with van der Waals surface area (Å²) in [6.45, 7) is 0.308. The van der Waals surface area contributed by atoms with Crippen molar-refractivity contribution in [3.05, 3.63) is 35.9 Å². The summed E-state index contributed by atoms with van der Waals surface area (Å²) < 4.78 is 0. The Morgan fingerprint density at radius 1 is 1.16 bits per heavy atom. The summed E-state index contributed by atoms with van der Waals surface area (Å²) in [6, 6.07) is 7.67. The van der Waals surface area contributed by atoms with Crippen molar-refractivity contribution in [3.63, 3.8) is 0 Å². The van der Waals surface area contributed by atoms with Gasteiger partial charge >= 0.3 is 5.97 Å². The molecule has 25 heavy (non-hydrogen) atoms. The lowest BCUT2D eigenvalue weighted by molar-refractivity contribution is -0.137. The zero-order valence-electron chi connectivity index (χ0n) is 13.8. The molecule has 0 saturated carbocycles. The van der Waals surface area contributed by atoms with E-state index in [9.17, 15) is 14.4 Å². The van der Waals surface area contributed by atoms with Crippen LogP contribution in [0.25, 0.3) is 0 Å². The minimum atomic E-state index is -1.02. The normalized spacial score (nSPS) is 11.2. The van der Waals surface area contributed by atoms with Crippen molar-refractivity contribution in [1.29, 1.82) is 0 Å². The number of benzene rings is 1. The number of aliphatic carboxylic acids is 1. The molecular formula is C16H23N5O4. The molecule has 0 fully saturated rings. The Balaban J connectivity index is 2.65. The summed E-state index contributed by atoms with van der Waals surface area (Å²) in [4.78, 5) is 38.8. The van der Waals surface area contributed by atoms with E-state index in [1.165, 1.54) is 0 Å². The molecule has 1 atom stereocenters. The Bertz CT molecular complexity index is 614. The lowest BCUT2D eigenvalue weighted by atomic mass is 10.1. The number of nitrogens with one attached hydrogen (secondary N) is 2. The first-order valence-electron chi connectivity index (χ1n) is 7.81. The van der Waals surface area contributed by atoms with E-state index >= 15 is 0 Å². The predicted molar refractivity (Wildman–Crippen MR) is 92.9 cm³/mol. The lowest BCUT2D eigenvalue weighted by Crippen LogP contribution is -2.47. The van der Waals surface area contributed by atoms with Crippen LogP contribution in [0, 0.1) is 0 Å². The van der Waals surface area contributed by atoms with Gasteiger partial charge in [0.15, 0.2) is 5.96 Å². The molecule has 0 unspecified atom stereocenters.